The summed E-state index contributed by atoms with van der Waals surface area (Å²) < 4.78 is 16.6. The highest BCUT2D eigenvalue weighted by atomic mass is 16.6. The van der Waals surface area contributed by atoms with E-state index in [1.54, 1.807) is 0 Å². The van der Waals surface area contributed by atoms with Gasteiger partial charge in [0.05, 0.1) is 0 Å². The van der Waals surface area contributed by atoms with Gasteiger partial charge in [0.1, 0.15) is 13.2 Å². The van der Waals surface area contributed by atoms with E-state index in [2.05, 4.69) is 142 Å². The van der Waals surface area contributed by atoms with Crippen molar-refractivity contribution in [2.45, 2.75) is 194 Å². The average Bonchev–Trinajstić information content (AvgIpc) is 3.26. The molecule has 0 bridgehead atoms. The maximum Gasteiger partial charge on any atom is 0.306 e. The summed E-state index contributed by atoms with van der Waals surface area (Å²) in [6.45, 7) is 6.25. The first kappa shape index (κ1) is 56.8. The van der Waals surface area contributed by atoms with Gasteiger partial charge in [0.25, 0.3) is 0 Å². The standard InChI is InChI=1S/C55H86O6/c1-4-7-10-13-16-19-21-23-25-27-28-30-31-33-36-39-42-45-48-54(57)60-51-52(50-59-53(56)47-44-41-38-35-18-15-12-9-6-3)61-55(58)49-46-43-40-37-34-32-29-26-24-22-20-17-14-11-8-5-2/h8-9,11-12,16-21,23-28,30,32,34-35,52H,4-7,10,13-15,22,29,31,33,36-51H2,1-3H3/b11-8-,12-9-,19-16-,20-17-,23-21-,26-24-,27-25-,30-28-,34-32-,35-18-. The van der Waals surface area contributed by atoms with E-state index in [1.807, 2.05) is 0 Å². The zero-order valence-electron chi connectivity index (χ0n) is 38.9. The van der Waals surface area contributed by atoms with Crippen LogP contribution in [-0.2, 0) is 28.6 Å². The highest BCUT2D eigenvalue weighted by Gasteiger charge is 2.19. The lowest BCUT2D eigenvalue weighted by Gasteiger charge is -2.18. The third-order valence-electron chi connectivity index (χ3n) is 9.53. The molecule has 1 unspecified atom stereocenters. The summed E-state index contributed by atoms with van der Waals surface area (Å²) in [7, 11) is 0. The number of carbonyl (C=O) groups excluding carboxylic acids is 3. The van der Waals surface area contributed by atoms with Gasteiger partial charge in [0.2, 0.25) is 0 Å². The lowest BCUT2D eigenvalue weighted by Crippen LogP contribution is -2.30. The van der Waals surface area contributed by atoms with Gasteiger partial charge in [0, 0.05) is 19.3 Å². The second-order valence-corrected chi connectivity index (χ2v) is 15.3. The van der Waals surface area contributed by atoms with Gasteiger partial charge in [-0.1, -0.05) is 181 Å². The summed E-state index contributed by atoms with van der Waals surface area (Å²) in [5.41, 5.74) is 0. The Morgan fingerprint density at radius 1 is 0.361 bits per heavy atom. The monoisotopic (exact) mass is 843 g/mol. The lowest BCUT2D eigenvalue weighted by atomic mass is 10.1. The largest absolute Gasteiger partial charge is 0.462 e. The molecule has 0 aromatic carbocycles. The van der Waals surface area contributed by atoms with Crippen molar-refractivity contribution in [3.63, 3.8) is 0 Å². The van der Waals surface area contributed by atoms with Crippen molar-refractivity contribution < 1.29 is 28.6 Å². The summed E-state index contributed by atoms with van der Waals surface area (Å²) in [6, 6.07) is 0. The van der Waals surface area contributed by atoms with Gasteiger partial charge < -0.3 is 14.2 Å². The molecule has 342 valence electrons. The van der Waals surface area contributed by atoms with E-state index in [4.69, 9.17) is 14.2 Å². The predicted octanol–water partition coefficient (Wildman–Crippen LogP) is 15.7. The Kier molecular flexibility index (Phi) is 45.1. The van der Waals surface area contributed by atoms with Crippen LogP contribution in [0.15, 0.2) is 122 Å². The Bertz CT molecular complexity index is 1340. The summed E-state index contributed by atoms with van der Waals surface area (Å²) in [6.07, 6.45) is 66.2. The van der Waals surface area contributed by atoms with Gasteiger partial charge in [-0.15, -0.1) is 0 Å². The van der Waals surface area contributed by atoms with Crippen molar-refractivity contribution in [1.29, 1.82) is 0 Å². The summed E-state index contributed by atoms with van der Waals surface area (Å²) in [4.78, 5) is 37.8. The lowest BCUT2D eigenvalue weighted by molar-refractivity contribution is -0.167. The number of carbonyl (C=O) groups is 3. The molecular formula is C55H86O6. The highest BCUT2D eigenvalue weighted by molar-refractivity contribution is 5.71. The van der Waals surface area contributed by atoms with Crippen LogP contribution in [0.1, 0.15) is 188 Å². The number of rotatable bonds is 41. The fourth-order valence-electron chi connectivity index (χ4n) is 5.95. The second kappa shape index (κ2) is 48.5. The number of hydrogen-bond donors (Lipinski definition) is 0. The molecule has 0 amide bonds. The molecule has 0 saturated heterocycles. The van der Waals surface area contributed by atoms with Gasteiger partial charge in [-0.2, -0.15) is 0 Å². The Morgan fingerprint density at radius 3 is 1.20 bits per heavy atom. The zero-order chi connectivity index (χ0) is 44.4. The molecule has 61 heavy (non-hydrogen) atoms. The maximum absolute atomic E-state index is 12.7. The molecule has 1 atom stereocenters. The molecule has 0 heterocycles. The third-order valence-corrected chi connectivity index (χ3v) is 9.53. The molecule has 0 aliphatic heterocycles. The Morgan fingerprint density at radius 2 is 0.705 bits per heavy atom. The van der Waals surface area contributed by atoms with Crippen LogP contribution >= 0.6 is 0 Å². The predicted molar refractivity (Wildman–Crippen MR) is 260 cm³/mol. The average molecular weight is 843 g/mol. The van der Waals surface area contributed by atoms with Crippen LogP contribution in [0.4, 0.5) is 0 Å². The molecule has 0 aromatic rings. The molecule has 0 aliphatic rings. The Balaban J connectivity index is 4.50. The number of allylic oxidation sites excluding steroid dienone is 20. The number of ether oxygens (including phenoxy) is 3. The van der Waals surface area contributed by atoms with Gasteiger partial charge >= 0.3 is 17.9 Å². The van der Waals surface area contributed by atoms with E-state index in [0.29, 0.717) is 19.3 Å². The number of unbranched alkanes of at least 4 members (excludes halogenated alkanes) is 13. The molecule has 0 N–H and O–H groups in total. The molecular weight excluding hydrogens is 757 g/mol. The molecule has 0 aromatic heterocycles. The first-order valence-electron chi connectivity index (χ1n) is 24.1. The van der Waals surface area contributed by atoms with Gasteiger partial charge in [-0.05, 0) is 109 Å². The van der Waals surface area contributed by atoms with E-state index in [9.17, 15) is 14.4 Å². The van der Waals surface area contributed by atoms with E-state index in [0.717, 1.165) is 122 Å². The molecule has 0 radical (unpaired) electrons. The number of hydrogen-bond acceptors (Lipinski definition) is 6. The van der Waals surface area contributed by atoms with E-state index in [-0.39, 0.29) is 37.5 Å². The SMILES string of the molecule is CC/C=C\C/C=C\C/C=C\C/C=C\CCCCCC(=O)OC(COC(=O)CCCC/C=C\C/C=C\CC)COC(=O)CCCCCCC\C=C/C=C\C=C/C=C\CCCCC. The van der Waals surface area contributed by atoms with Crippen LogP contribution < -0.4 is 0 Å². The van der Waals surface area contributed by atoms with Gasteiger partial charge in [-0.25, -0.2) is 0 Å². The van der Waals surface area contributed by atoms with Crippen molar-refractivity contribution in [3.8, 4) is 0 Å². The fourth-order valence-corrected chi connectivity index (χ4v) is 5.95. The molecule has 6 nitrogen and oxygen atoms in total. The van der Waals surface area contributed by atoms with Crippen LogP contribution in [0, 0.1) is 0 Å². The van der Waals surface area contributed by atoms with E-state index in [1.165, 1.54) is 19.3 Å². The number of esters is 3. The molecule has 0 fully saturated rings. The molecule has 0 rings (SSSR count). The molecule has 0 saturated carbocycles. The molecule has 6 heteroatoms. The van der Waals surface area contributed by atoms with E-state index < -0.39 is 6.10 Å². The summed E-state index contributed by atoms with van der Waals surface area (Å²) >= 11 is 0. The fraction of sp³-hybridized carbons (Fsp3) is 0.582. The zero-order valence-corrected chi connectivity index (χ0v) is 38.9. The summed E-state index contributed by atoms with van der Waals surface area (Å²) in [5.74, 6) is -1.02. The topological polar surface area (TPSA) is 78.9 Å². The van der Waals surface area contributed by atoms with E-state index >= 15 is 0 Å². The smallest absolute Gasteiger partial charge is 0.306 e. The Hall–Kier alpha value is -4.19. The second-order valence-electron chi connectivity index (χ2n) is 15.3. The normalized spacial score (nSPS) is 13.2. The first-order valence-corrected chi connectivity index (χ1v) is 24.1. The minimum Gasteiger partial charge on any atom is -0.462 e. The quantitative estimate of drug-likeness (QED) is 0.0201. The van der Waals surface area contributed by atoms with Crippen LogP contribution in [0.5, 0.6) is 0 Å². The van der Waals surface area contributed by atoms with Crippen LogP contribution in [0.2, 0.25) is 0 Å². The minimum absolute atomic E-state index is 0.118. The van der Waals surface area contributed by atoms with Crippen molar-refractivity contribution in [1.82, 2.24) is 0 Å². The van der Waals surface area contributed by atoms with Gasteiger partial charge in [0.15, 0.2) is 6.10 Å². The highest BCUT2D eigenvalue weighted by Crippen LogP contribution is 2.11. The molecule has 0 spiro atoms. The first-order chi connectivity index (χ1) is 30.0. The van der Waals surface area contributed by atoms with Gasteiger partial charge in [-0.3, -0.25) is 14.4 Å². The van der Waals surface area contributed by atoms with Crippen LogP contribution in [0.25, 0.3) is 0 Å². The third kappa shape index (κ3) is 46.7. The molecule has 0 aliphatic carbocycles. The van der Waals surface area contributed by atoms with Crippen molar-refractivity contribution in [3.05, 3.63) is 122 Å². The van der Waals surface area contributed by atoms with Crippen LogP contribution in [-0.4, -0.2) is 37.2 Å². The van der Waals surface area contributed by atoms with Crippen molar-refractivity contribution in [2.24, 2.45) is 0 Å². The van der Waals surface area contributed by atoms with Crippen molar-refractivity contribution >= 4 is 17.9 Å². The maximum atomic E-state index is 12.7. The van der Waals surface area contributed by atoms with Crippen LogP contribution in [0.3, 0.4) is 0 Å². The summed E-state index contributed by atoms with van der Waals surface area (Å²) in [5, 5.41) is 0. The Labute approximate surface area is 373 Å². The minimum atomic E-state index is -0.819. The van der Waals surface area contributed by atoms with Crippen molar-refractivity contribution in [2.75, 3.05) is 13.2 Å².